The number of carbonyl (C=O) groups is 1. The Bertz CT molecular complexity index is 458. The summed E-state index contributed by atoms with van der Waals surface area (Å²) >= 11 is 12.2. The molecule has 1 atom stereocenters. The van der Waals surface area contributed by atoms with Crippen LogP contribution in [0.5, 0.6) is 0 Å². The smallest absolute Gasteiger partial charge is 0.226 e. The highest BCUT2D eigenvalue weighted by atomic mass is 35.5. The number of aliphatic hydroxyl groups is 1. The molecule has 0 heterocycles. The van der Waals surface area contributed by atoms with Gasteiger partial charge in [-0.2, -0.15) is 0 Å². The van der Waals surface area contributed by atoms with Crippen LogP contribution >= 0.6 is 23.2 Å². The Kier molecular flexibility index (Phi) is 4.53. The number of rotatable bonds is 2. The summed E-state index contributed by atoms with van der Waals surface area (Å²) in [5.74, 6) is 0.0682. The van der Waals surface area contributed by atoms with Crippen LogP contribution in [-0.4, -0.2) is 23.7 Å². The van der Waals surface area contributed by atoms with Crippen LogP contribution in [0.2, 0.25) is 0 Å². The Morgan fingerprint density at radius 1 is 1.35 bits per heavy atom. The van der Waals surface area contributed by atoms with Crippen LogP contribution in [0.1, 0.15) is 39.0 Å². The van der Waals surface area contributed by atoms with Crippen molar-refractivity contribution in [3.05, 3.63) is 22.2 Å². The number of hydrogen-bond acceptors (Lipinski definition) is 2. The first-order valence-corrected chi connectivity index (χ1v) is 7.73. The van der Waals surface area contributed by atoms with E-state index in [2.05, 4.69) is 5.32 Å². The molecule has 2 N–H and O–H groups in total. The molecule has 2 aliphatic rings. The standard InChI is InChI=1S/C15H21Cl2NO2/c1-14(20)5-7-15(8-6-14,13(19)18-2)10-3-4-11(16)12(17)9-10/h3-4,10,20H,5-9H2,1-2H3,(H,18,19). The van der Waals surface area contributed by atoms with E-state index in [9.17, 15) is 9.90 Å². The Morgan fingerprint density at radius 2 is 1.95 bits per heavy atom. The fourth-order valence-electron chi connectivity index (χ4n) is 3.28. The molecule has 112 valence electrons. The monoisotopic (exact) mass is 317 g/mol. The number of allylic oxidation sites excluding steroid dienone is 4. The first-order valence-electron chi connectivity index (χ1n) is 6.98. The Labute approximate surface area is 130 Å². The predicted molar refractivity (Wildman–Crippen MR) is 81.6 cm³/mol. The summed E-state index contributed by atoms with van der Waals surface area (Å²) in [6.07, 6.45) is 6.94. The molecule has 1 amide bonds. The van der Waals surface area contributed by atoms with Crippen molar-refractivity contribution in [2.75, 3.05) is 7.05 Å². The molecule has 0 aliphatic heterocycles. The fourth-order valence-corrected chi connectivity index (χ4v) is 3.66. The minimum absolute atomic E-state index is 0.0325. The lowest BCUT2D eigenvalue weighted by Gasteiger charge is -2.45. The van der Waals surface area contributed by atoms with Crippen LogP contribution in [0.4, 0.5) is 0 Å². The average molecular weight is 318 g/mol. The fraction of sp³-hybridized carbons (Fsp3) is 0.667. The van der Waals surface area contributed by atoms with Crippen molar-refractivity contribution in [3.8, 4) is 0 Å². The minimum atomic E-state index is -0.673. The van der Waals surface area contributed by atoms with Crippen LogP contribution in [-0.2, 0) is 4.79 Å². The lowest BCUT2D eigenvalue weighted by atomic mass is 9.60. The molecular weight excluding hydrogens is 297 g/mol. The third-order valence-electron chi connectivity index (χ3n) is 4.74. The van der Waals surface area contributed by atoms with E-state index in [1.165, 1.54) is 0 Å². The third-order valence-corrected chi connectivity index (χ3v) is 5.55. The SMILES string of the molecule is CNC(=O)C1(C2C=CC(Cl)=C(Cl)C2)CCC(C)(O)CC1. The zero-order valence-corrected chi connectivity index (χ0v) is 13.4. The lowest BCUT2D eigenvalue weighted by Crippen LogP contribution is -2.49. The molecule has 0 aromatic heterocycles. The molecule has 0 bridgehead atoms. The molecule has 2 rings (SSSR count). The second-order valence-corrected chi connectivity index (χ2v) is 7.02. The van der Waals surface area contributed by atoms with Crippen molar-refractivity contribution in [1.82, 2.24) is 5.32 Å². The molecule has 0 radical (unpaired) electrons. The van der Waals surface area contributed by atoms with Gasteiger partial charge in [-0.25, -0.2) is 0 Å². The second kappa shape index (κ2) is 5.70. The maximum Gasteiger partial charge on any atom is 0.226 e. The normalized spacial score (nSPS) is 38.0. The summed E-state index contributed by atoms with van der Waals surface area (Å²) in [6, 6.07) is 0. The van der Waals surface area contributed by atoms with E-state index in [0.717, 1.165) is 0 Å². The zero-order chi connectivity index (χ0) is 15.0. The van der Waals surface area contributed by atoms with Crippen molar-refractivity contribution in [1.29, 1.82) is 0 Å². The molecule has 3 nitrogen and oxygen atoms in total. The van der Waals surface area contributed by atoms with Crippen molar-refractivity contribution < 1.29 is 9.90 Å². The van der Waals surface area contributed by atoms with Crippen LogP contribution < -0.4 is 5.32 Å². The summed E-state index contributed by atoms with van der Waals surface area (Å²) in [5.41, 5.74) is -1.17. The average Bonchev–Trinajstić information content (AvgIpc) is 2.42. The van der Waals surface area contributed by atoms with Gasteiger partial charge in [-0.15, -0.1) is 0 Å². The van der Waals surface area contributed by atoms with E-state index in [-0.39, 0.29) is 11.8 Å². The third kappa shape index (κ3) is 2.90. The van der Waals surface area contributed by atoms with Gasteiger partial charge in [-0.1, -0.05) is 29.3 Å². The van der Waals surface area contributed by atoms with Crippen LogP contribution in [0, 0.1) is 11.3 Å². The molecule has 1 unspecified atom stereocenters. The maximum atomic E-state index is 12.5. The zero-order valence-electron chi connectivity index (χ0n) is 11.9. The van der Waals surface area contributed by atoms with Gasteiger partial charge < -0.3 is 10.4 Å². The summed E-state index contributed by atoms with van der Waals surface area (Å²) in [7, 11) is 1.66. The van der Waals surface area contributed by atoms with Gasteiger partial charge >= 0.3 is 0 Å². The Hall–Kier alpha value is -0.510. The summed E-state index contributed by atoms with van der Waals surface area (Å²) in [5, 5.41) is 14.1. The Balaban J connectivity index is 2.27. The predicted octanol–water partition coefficient (Wildman–Crippen LogP) is 3.31. The number of hydrogen-bond donors (Lipinski definition) is 2. The number of amides is 1. The molecular formula is C15H21Cl2NO2. The highest BCUT2D eigenvalue weighted by Crippen LogP contribution is 2.50. The first-order chi connectivity index (χ1) is 9.31. The summed E-state index contributed by atoms with van der Waals surface area (Å²) in [6.45, 7) is 1.83. The molecule has 0 spiro atoms. The molecule has 0 saturated heterocycles. The largest absolute Gasteiger partial charge is 0.390 e. The maximum absolute atomic E-state index is 12.5. The molecule has 20 heavy (non-hydrogen) atoms. The highest BCUT2D eigenvalue weighted by Gasteiger charge is 2.49. The second-order valence-electron chi connectivity index (χ2n) is 6.15. The van der Waals surface area contributed by atoms with Crippen molar-refractivity contribution in [2.24, 2.45) is 11.3 Å². The quantitative estimate of drug-likeness (QED) is 0.821. The van der Waals surface area contributed by atoms with E-state index >= 15 is 0 Å². The topological polar surface area (TPSA) is 49.3 Å². The van der Waals surface area contributed by atoms with Gasteiger partial charge in [0.15, 0.2) is 0 Å². The Morgan fingerprint density at radius 3 is 2.45 bits per heavy atom. The van der Waals surface area contributed by atoms with Gasteiger partial charge in [-0.05, 0) is 51.0 Å². The molecule has 5 heteroatoms. The molecule has 2 aliphatic carbocycles. The van der Waals surface area contributed by atoms with Crippen molar-refractivity contribution in [2.45, 2.75) is 44.6 Å². The van der Waals surface area contributed by atoms with Gasteiger partial charge in [0, 0.05) is 12.1 Å². The van der Waals surface area contributed by atoms with Crippen LogP contribution in [0.15, 0.2) is 22.2 Å². The van der Waals surface area contributed by atoms with Gasteiger partial charge in [-0.3, -0.25) is 4.79 Å². The molecule has 1 saturated carbocycles. The van der Waals surface area contributed by atoms with Crippen molar-refractivity contribution in [3.63, 3.8) is 0 Å². The lowest BCUT2D eigenvalue weighted by molar-refractivity contribution is -0.139. The van der Waals surface area contributed by atoms with Crippen molar-refractivity contribution >= 4 is 29.1 Å². The summed E-state index contributed by atoms with van der Waals surface area (Å²) in [4.78, 5) is 12.5. The summed E-state index contributed by atoms with van der Waals surface area (Å²) < 4.78 is 0. The van der Waals surface area contributed by atoms with E-state index in [1.807, 2.05) is 13.0 Å². The van der Waals surface area contributed by atoms with Gasteiger partial charge in [0.25, 0.3) is 0 Å². The van der Waals surface area contributed by atoms with Gasteiger partial charge in [0.1, 0.15) is 0 Å². The highest BCUT2D eigenvalue weighted by molar-refractivity contribution is 6.40. The number of nitrogens with one attached hydrogen (secondary N) is 1. The van der Waals surface area contributed by atoms with Crippen LogP contribution in [0.3, 0.4) is 0 Å². The number of halogens is 2. The van der Waals surface area contributed by atoms with E-state index in [1.54, 1.807) is 13.1 Å². The first kappa shape index (κ1) is 15.9. The van der Waals surface area contributed by atoms with Crippen LogP contribution in [0.25, 0.3) is 0 Å². The van der Waals surface area contributed by atoms with E-state index < -0.39 is 11.0 Å². The van der Waals surface area contributed by atoms with E-state index in [4.69, 9.17) is 23.2 Å². The minimum Gasteiger partial charge on any atom is -0.390 e. The molecule has 0 aromatic carbocycles. The van der Waals surface area contributed by atoms with Gasteiger partial charge in [0.2, 0.25) is 5.91 Å². The number of carbonyl (C=O) groups excluding carboxylic acids is 1. The molecule has 0 aromatic rings. The van der Waals surface area contributed by atoms with Gasteiger partial charge in [0.05, 0.1) is 16.0 Å². The van der Waals surface area contributed by atoms with E-state index in [0.29, 0.717) is 42.2 Å². The molecule has 1 fully saturated rings.